The molecule has 0 radical (unpaired) electrons. The van der Waals surface area contributed by atoms with Gasteiger partial charge in [-0.1, -0.05) is 29.8 Å². The highest BCUT2D eigenvalue weighted by Crippen LogP contribution is 2.24. The first kappa shape index (κ1) is 24.0. The van der Waals surface area contributed by atoms with Crippen LogP contribution in [0.15, 0.2) is 30.3 Å². The van der Waals surface area contributed by atoms with Crippen molar-refractivity contribution in [3.63, 3.8) is 0 Å². The molecule has 2 amide bonds. The number of carbonyl (C=O) groups excluding carboxylic acids is 2. The average Bonchev–Trinajstić information content (AvgIpc) is 2.72. The molecule has 172 valence electrons. The normalized spacial score (nSPS) is 14.9. The molecular formula is C25H33N3O3S. The number of hydrogen-bond donors (Lipinski definition) is 1. The molecule has 2 aromatic rings. The van der Waals surface area contributed by atoms with Crippen molar-refractivity contribution in [3.05, 3.63) is 58.1 Å². The Kier molecular flexibility index (Phi) is 7.72. The zero-order valence-electron chi connectivity index (χ0n) is 19.7. The van der Waals surface area contributed by atoms with E-state index >= 15 is 0 Å². The highest BCUT2D eigenvalue weighted by molar-refractivity contribution is 7.86. The van der Waals surface area contributed by atoms with Gasteiger partial charge < -0.3 is 15.1 Å². The molecule has 0 aliphatic carbocycles. The largest absolute Gasteiger partial charge is 0.368 e. The van der Waals surface area contributed by atoms with Crippen LogP contribution in [0.1, 0.15) is 27.8 Å². The Morgan fingerprint density at radius 1 is 0.906 bits per heavy atom. The van der Waals surface area contributed by atoms with Crippen LogP contribution in [0.4, 0.5) is 11.4 Å². The van der Waals surface area contributed by atoms with Crippen LogP contribution in [0.2, 0.25) is 0 Å². The Balaban J connectivity index is 1.49. The Morgan fingerprint density at radius 2 is 1.53 bits per heavy atom. The van der Waals surface area contributed by atoms with Gasteiger partial charge in [0.25, 0.3) is 0 Å². The third kappa shape index (κ3) is 5.76. The van der Waals surface area contributed by atoms with Crippen LogP contribution in [-0.4, -0.2) is 58.6 Å². The van der Waals surface area contributed by atoms with Crippen LogP contribution >= 0.6 is 0 Å². The number of aryl methyl sites for hydroxylation is 4. The molecule has 3 rings (SSSR count). The lowest BCUT2D eigenvalue weighted by molar-refractivity contribution is -0.128. The summed E-state index contributed by atoms with van der Waals surface area (Å²) in [5, 5.41) is 2.86. The summed E-state index contributed by atoms with van der Waals surface area (Å²) >= 11 is 0. The van der Waals surface area contributed by atoms with Gasteiger partial charge in [-0.05, 0) is 62.9 Å². The van der Waals surface area contributed by atoms with E-state index in [1.54, 1.807) is 4.90 Å². The molecule has 0 unspecified atom stereocenters. The van der Waals surface area contributed by atoms with Gasteiger partial charge in [0, 0.05) is 48.4 Å². The van der Waals surface area contributed by atoms with Gasteiger partial charge in [0.15, 0.2) is 0 Å². The quantitative estimate of drug-likeness (QED) is 0.726. The highest BCUT2D eigenvalue weighted by Gasteiger charge is 2.24. The molecular weight excluding hydrogens is 422 g/mol. The fourth-order valence-electron chi connectivity index (χ4n) is 4.25. The van der Waals surface area contributed by atoms with Gasteiger partial charge >= 0.3 is 0 Å². The van der Waals surface area contributed by atoms with Crippen molar-refractivity contribution in [3.8, 4) is 0 Å². The zero-order valence-corrected chi connectivity index (χ0v) is 20.5. The van der Waals surface area contributed by atoms with E-state index in [-0.39, 0.29) is 23.3 Å². The Morgan fingerprint density at radius 3 is 2.16 bits per heavy atom. The average molecular weight is 456 g/mol. The fraction of sp³-hybridized carbons (Fsp3) is 0.440. The van der Waals surface area contributed by atoms with Crippen molar-refractivity contribution in [2.45, 2.75) is 34.6 Å². The third-order valence-corrected chi connectivity index (χ3v) is 7.22. The van der Waals surface area contributed by atoms with Crippen molar-refractivity contribution < 1.29 is 13.8 Å². The van der Waals surface area contributed by atoms with Crippen molar-refractivity contribution >= 4 is 34.0 Å². The van der Waals surface area contributed by atoms with Crippen LogP contribution in [0, 0.1) is 34.6 Å². The SMILES string of the molecule is Cc1cc(C)c(NC(=O)C[S@@](=O)CC(=O)N2CCN(c3cccc(C)c3C)CC2)c(C)c1. The smallest absolute Gasteiger partial charge is 0.237 e. The van der Waals surface area contributed by atoms with Crippen molar-refractivity contribution in [1.82, 2.24) is 4.90 Å². The molecule has 1 aliphatic heterocycles. The van der Waals surface area contributed by atoms with Gasteiger partial charge in [0.2, 0.25) is 11.8 Å². The molecule has 0 aromatic heterocycles. The van der Waals surface area contributed by atoms with E-state index in [4.69, 9.17) is 0 Å². The summed E-state index contributed by atoms with van der Waals surface area (Å²) < 4.78 is 12.5. The summed E-state index contributed by atoms with van der Waals surface area (Å²) in [5.41, 5.74) is 7.55. The second kappa shape index (κ2) is 10.3. The number of nitrogens with one attached hydrogen (secondary N) is 1. The van der Waals surface area contributed by atoms with E-state index in [2.05, 4.69) is 42.3 Å². The highest BCUT2D eigenvalue weighted by atomic mass is 32.2. The third-order valence-electron chi connectivity index (χ3n) is 6.07. The maximum Gasteiger partial charge on any atom is 0.237 e. The Labute approximate surface area is 193 Å². The number of carbonyl (C=O) groups is 2. The van der Waals surface area contributed by atoms with Crippen molar-refractivity contribution in [2.24, 2.45) is 0 Å². The minimum atomic E-state index is -1.54. The van der Waals surface area contributed by atoms with Gasteiger partial charge in [-0.15, -0.1) is 0 Å². The van der Waals surface area contributed by atoms with E-state index in [9.17, 15) is 13.8 Å². The zero-order chi connectivity index (χ0) is 23.4. The minimum absolute atomic E-state index is 0.122. The summed E-state index contributed by atoms with van der Waals surface area (Å²) in [4.78, 5) is 29.1. The molecule has 0 saturated carbocycles. The molecule has 0 spiro atoms. The molecule has 6 nitrogen and oxygen atoms in total. The monoisotopic (exact) mass is 455 g/mol. The van der Waals surface area contributed by atoms with Gasteiger partial charge in [0.1, 0.15) is 11.5 Å². The number of benzene rings is 2. The summed E-state index contributed by atoms with van der Waals surface area (Å²) in [6, 6.07) is 10.3. The fourth-order valence-corrected chi connectivity index (χ4v) is 5.18. The predicted octanol–water partition coefficient (Wildman–Crippen LogP) is 3.26. The summed E-state index contributed by atoms with van der Waals surface area (Å²) in [5.74, 6) is -0.783. The number of rotatable bonds is 6. The molecule has 1 N–H and O–H groups in total. The summed E-state index contributed by atoms with van der Waals surface area (Å²) in [7, 11) is -1.54. The van der Waals surface area contributed by atoms with Crippen LogP contribution in [0.5, 0.6) is 0 Å². The first-order chi connectivity index (χ1) is 15.2. The lowest BCUT2D eigenvalue weighted by atomic mass is 10.1. The van der Waals surface area contributed by atoms with Crippen LogP contribution in [0.3, 0.4) is 0 Å². The second-order valence-corrected chi connectivity index (χ2v) is 10.1. The lowest BCUT2D eigenvalue weighted by Crippen LogP contribution is -2.50. The Bertz CT molecular complexity index is 1020. The maximum absolute atomic E-state index is 12.6. The predicted molar refractivity (Wildman–Crippen MR) is 132 cm³/mol. The van der Waals surface area contributed by atoms with E-state index < -0.39 is 10.8 Å². The number of piperazine rings is 1. The first-order valence-electron chi connectivity index (χ1n) is 11.0. The molecule has 1 atom stereocenters. The second-order valence-electron chi connectivity index (χ2n) is 8.64. The number of amides is 2. The number of hydrogen-bond acceptors (Lipinski definition) is 4. The first-order valence-corrected chi connectivity index (χ1v) is 12.5. The lowest BCUT2D eigenvalue weighted by Gasteiger charge is -2.37. The molecule has 1 fully saturated rings. The molecule has 2 aromatic carbocycles. The van der Waals surface area contributed by atoms with Crippen LogP contribution < -0.4 is 10.2 Å². The molecule has 0 bridgehead atoms. The molecule has 1 heterocycles. The van der Waals surface area contributed by atoms with Crippen LogP contribution in [0.25, 0.3) is 0 Å². The maximum atomic E-state index is 12.6. The Hall–Kier alpha value is -2.67. The van der Waals surface area contributed by atoms with Gasteiger partial charge in [0.05, 0.1) is 0 Å². The van der Waals surface area contributed by atoms with Gasteiger partial charge in [-0.3, -0.25) is 13.8 Å². The summed E-state index contributed by atoms with van der Waals surface area (Å²) in [6.45, 7) is 12.8. The topological polar surface area (TPSA) is 69.7 Å². The van der Waals surface area contributed by atoms with Crippen molar-refractivity contribution in [2.75, 3.05) is 47.9 Å². The van der Waals surface area contributed by atoms with Gasteiger partial charge in [-0.2, -0.15) is 0 Å². The van der Waals surface area contributed by atoms with Crippen LogP contribution in [-0.2, 0) is 20.4 Å². The summed E-state index contributed by atoms with van der Waals surface area (Å²) in [6.07, 6.45) is 0. The molecule has 1 saturated heterocycles. The molecule has 7 heteroatoms. The van der Waals surface area contributed by atoms with E-state index in [1.807, 2.05) is 32.9 Å². The van der Waals surface area contributed by atoms with E-state index in [0.29, 0.717) is 13.1 Å². The van der Waals surface area contributed by atoms with E-state index in [0.717, 1.165) is 35.5 Å². The number of nitrogens with zero attached hydrogens (tertiary/aromatic N) is 2. The standard InChI is InChI=1S/C25H33N3O3S/c1-17-13-19(3)25(20(4)14-17)26-23(29)15-32(31)16-24(30)28-11-9-27(10-12-28)22-8-6-7-18(2)21(22)5/h6-8,13-14H,9-12,15-16H2,1-5H3,(H,26,29)/t32-/m1/s1. The minimum Gasteiger partial charge on any atom is -0.368 e. The number of anilines is 2. The van der Waals surface area contributed by atoms with Crippen molar-refractivity contribution in [1.29, 1.82) is 0 Å². The van der Waals surface area contributed by atoms with Gasteiger partial charge in [-0.25, -0.2) is 0 Å². The van der Waals surface area contributed by atoms with E-state index in [1.165, 1.54) is 16.8 Å². The molecule has 32 heavy (non-hydrogen) atoms. The molecule has 1 aliphatic rings.